The summed E-state index contributed by atoms with van der Waals surface area (Å²) in [5, 5.41) is 14.4. The van der Waals surface area contributed by atoms with Crippen molar-refractivity contribution in [1.29, 1.82) is 0 Å². The lowest BCUT2D eigenvalue weighted by molar-refractivity contribution is 0.0827. The van der Waals surface area contributed by atoms with Gasteiger partial charge in [0, 0.05) is 62.2 Å². The Kier molecular flexibility index (Phi) is 8.85. The number of urea groups is 1. The second-order valence-corrected chi connectivity index (χ2v) is 10.9. The second-order valence-electron chi connectivity index (χ2n) is 10.9. The molecule has 0 atom stereocenters. The van der Waals surface area contributed by atoms with Gasteiger partial charge in [-0.25, -0.2) is 24.1 Å². The molecular weight excluding hydrogens is 593 g/mol. The van der Waals surface area contributed by atoms with Gasteiger partial charge in [0.1, 0.15) is 22.9 Å². The van der Waals surface area contributed by atoms with Crippen LogP contribution in [0, 0.1) is 5.82 Å². The first-order valence-corrected chi connectivity index (χ1v) is 14.7. The van der Waals surface area contributed by atoms with Crippen LogP contribution >= 0.6 is 0 Å². The third-order valence-electron chi connectivity index (χ3n) is 7.40. The fourth-order valence-electron chi connectivity index (χ4n) is 5.03. The molecule has 1 aliphatic heterocycles. The first-order chi connectivity index (χ1) is 22.3. The van der Waals surface area contributed by atoms with Crippen LogP contribution in [-0.2, 0) is 11.2 Å². The molecule has 3 amide bonds. The van der Waals surface area contributed by atoms with Crippen LogP contribution < -0.4 is 15.5 Å². The molecule has 3 N–H and O–H groups in total. The predicted octanol–water partition coefficient (Wildman–Crippen LogP) is 4.81. The molecule has 0 unspecified atom stereocenters. The lowest BCUT2D eigenvalue weighted by atomic mass is 10.1. The quantitative estimate of drug-likeness (QED) is 0.221. The minimum Gasteiger partial charge on any atom is -0.461 e. The summed E-state index contributed by atoms with van der Waals surface area (Å²) in [5.74, 6) is 1.31. The molecule has 6 rings (SSSR count). The number of aromatic nitrogens is 3. The Hall–Kier alpha value is -5.40. The Morgan fingerprint density at radius 2 is 1.76 bits per heavy atom. The van der Waals surface area contributed by atoms with E-state index in [4.69, 9.17) is 19.1 Å². The van der Waals surface area contributed by atoms with Crippen LogP contribution in [0.5, 0.6) is 0 Å². The van der Waals surface area contributed by atoms with E-state index in [1.165, 1.54) is 17.0 Å². The van der Waals surface area contributed by atoms with Gasteiger partial charge in [0.15, 0.2) is 11.6 Å². The summed E-state index contributed by atoms with van der Waals surface area (Å²) in [6, 6.07) is 15.6. The molecule has 13 heteroatoms. The van der Waals surface area contributed by atoms with Crippen molar-refractivity contribution in [2.45, 2.75) is 6.42 Å². The first kappa shape index (κ1) is 30.6. The molecule has 46 heavy (non-hydrogen) atoms. The summed E-state index contributed by atoms with van der Waals surface area (Å²) >= 11 is 0. The maximum absolute atomic E-state index is 15.4. The van der Waals surface area contributed by atoms with Crippen molar-refractivity contribution in [1.82, 2.24) is 19.9 Å². The van der Waals surface area contributed by atoms with Crippen molar-refractivity contribution < 1.29 is 28.2 Å². The van der Waals surface area contributed by atoms with Crippen molar-refractivity contribution in [3.05, 3.63) is 84.0 Å². The van der Waals surface area contributed by atoms with E-state index in [0.29, 0.717) is 83.5 Å². The number of nitrogens with one attached hydrogen (secondary N) is 2. The highest BCUT2D eigenvalue weighted by molar-refractivity contribution is 6.00. The zero-order valence-electron chi connectivity index (χ0n) is 25.3. The number of carbonyl (C=O) groups excluding carboxylic acids is 2. The van der Waals surface area contributed by atoms with Crippen molar-refractivity contribution in [2.75, 3.05) is 62.5 Å². The highest BCUT2D eigenvalue weighted by Gasteiger charge is 2.21. The fraction of sp³-hybridized carbons (Fsp3) is 0.242. The van der Waals surface area contributed by atoms with Gasteiger partial charge in [0.2, 0.25) is 0 Å². The number of carbonyl (C=O) groups is 2. The number of anilines is 3. The van der Waals surface area contributed by atoms with Gasteiger partial charge < -0.3 is 34.7 Å². The van der Waals surface area contributed by atoms with Crippen molar-refractivity contribution in [3.63, 3.8) is 0 Å². The predicted molar refractivity (Wildman–Crippen MR) is 171 cm³/mol. The van der Waals surface area contributed by atoms with Gasteiger partial charge in [-0.15, -0.1) is 0 Å². The number of halogens is 1. The molecule has 0 aliphatic carbocycles. The van der Waals surface area contributed by atoms with Gasteiger partial charge in [-0.05, 0) is 60.7 Å². The smallest absolute Gasteiger partial charge is 0.323 e. The third kappa shape index (κ3) is 6.65. The van der Waals surface area contributed by atoms with Crippen LogP contribution in [0.2, 0.25) is 0 Å². The van der Waals surface area contributed by atoms with E-state index in [0.717, 1.165) is 0 Å². The number of aliphatic hydroxyl groups excluding tert-OH is 1. The summed E-state index contributed by atoms with van der Waals surface area (Å²) in [6.07, 6.45) is 2.10. The number of fused-ring (bicyclic) bond motifs is 1. The first-order valence-electron chi connectivity index (χ1n) is 14.7. The van der Waals surface area contributed by atoms with Gasteiger partial charge >= 0.3 is 6.03 Å². The van der Waals surface area contributed by atoms with E-state index < -0.39 is 11.8 Å². The zero-order chi connectivity index (χ0) is 32.2. The number of ether oxygens (including phenoxy) is 1. The molecule has 0 spiro atoms. The standard InChI is InChI=1S/C33H32FN7O5/c1-40(2)32(43)20-3-6-23(7-4-20)36-33(44)38-26-9-5-21(17-25(26)34)30-37-27-18-22(28-10-8-24(46-28)11-14-42)19-35-29(27)31(39-30)41-12-15-45-16-13-41/h3-10,17-19,42H,11-16H2,1-2H3,(H2,36,38,44). The fourth-order valence-corrected chi connectivity index (χ4v) is 5.03. The minimum atomic E-state index is -0.671. The maximum Gasteiger partial charge on any atom is 0.323 e. The molecule has 1 aliphatic rings. The normalized spacial score (nSPS) is 13.1. The Balaban J connectivity index is 1.26. The van der Waals surface area contributed by atoms with Crippen LogP contribution in [-0.4, -0.2) is 83.9 Å². The molecule has 2 aromatic carbocycles. The largest absolute Gasteiger partial charge is 0.461 e. The average Bonchev–Trinajstić information content (AvgIpc) is 3.54. The average molecular weight is 626 g/mol. The number of benzene rings is 2. The zero-order valence-corrected chi connectivity index (χ0v) is 25.3. The topological polar surface area (TPSA) is 146 Å². The summed E-state index contributed by atoms with van der Waals surface area (Å²) < 4.78 is 26.8. The van der Waals surface area contributed by atoms with Gasteiger partial charge in [-0.3, -0.25) is 4.79 Å². The third-order valence-corrected chi connectivity index (χ3v) is 7.40. The summed E-state index contributed by atoms with van der Waals surface area (Å²) in [7, 11) is 3.31. The van der Waals surface area contributed by atoms with E-state index in [1.807, 2.05) is 18.2 Å². The number of amides is 3. The molecule has 5 aromatic rings. The van der Waals surface area contributed by atoms with Crippen LogP contribution in [0.25, 0.3) is 33.7 Å². The van der Waals surface area contributed by atoms with Gasteiger partial charge in [-0.1, -0.05) is 0 Å². The Bertz CT molecular complexity index is 1890. The van der Waals surface area contributed by atoms with Crippen molar-refractivity contribution in [2.24, 2.45) is 0 Å². The summed E-state index contributed by atoms with van der Waals surface area (Å²) in [6.45, 7) is 2.27. The molecule has 3 aromatic heterocycles. The number of furan rings is 1. The molecule has 236 valence electrons. The van der Waals surface area contributed by atoms with Crippen LogP contribution in [0.15, 0.2) is 71.3 Å². The SMILES string of the molecule is CN(C)C(=O)c1ccc(NC(=O)Nc2ccc(-c3nc(N4CCOCC4)c4ncc(-c5ccc(CCO)o5)cc4n3)cc2F)cc1. The van der Waals surface area contributed by atoms with Gasteiger partial charge in [-0.2, -0.15) is 0 Å². The van der Waals surface area contributed by atoms with E-state index in [-0.39, 0.29) is 24.0 Å². The van der Waals surface area contributed by atoms with Gasteiger partial charge in [0.25, 0.3) is 5.91 Å². The number of nitrogens with zero attached hydrogens (tertiary/aromatic N) is 5. The molecule has 4 heterocycles. The van der Waals surface area contributed by atoms with Gasteiger partial charge in [0.05, 0.1) is 31.0 Å². The Labute approximate surface area is 263 Å². The Morgan fingerprint density at radius 1 is 0.978 bits per heavy atom. The van der Waals surface area contributed by atoms with Crippen molar-refractivity contribution in [3.8, 4) is 22.7 Å². The molecule has 0 bridgehead atoms. The number of hydrogen-bond donors (Lipinski definition) is 3. The monoisotopic (exact) mass is 625 g/mol. The molecule has 12 nitrogen and oxygen atoms in total. The Morgan fingerprint density at radius 3 is 2.48 bits per heavy atom. The molecule has 1 saturated heterocycles. The second kappa shape index (κ2) is 13.3. The number of morpholine rings is 1. The number of hydrogen-bond acceptors (Lipinski definition) is 9. The summed E-state index contributed by atoms with van der Waals surface area (Å²) in [5.41, 5.74) is 3.13. The highest BCUT2D eigenvalue weighted by atomic mass is 19.1. The highest BCUT2D eigenvalue weighted by Crippen LogP contribution is 2.31. The van der Waals surface area contributed by atoms with E-state index >= 15 is 4.39 Å². The van der Waals surface area contributed by atoms with E-state index in [2.05, 4.69) is 20.5 Å². The lowest BCUT2D eigenvalue weighted by Crippen LogP contribution is -2.37. The molecule has 0 radical (unpaired) electrons. The minimum absolute atomic E-state index is 0.0216. The van der Waals surface area contributed by atoms with E-state index in [1.54, 1.807) is 50.6 Å². The number of rotatable bonds is 8. The maximum atomic E-state index is 15.4. The van der Waals surface area contributed by atoms with E-state index in [9.17, 15) is 14.7 Å². The molecule has 1 fully saturated rings. The lowest BCUT2D eigenvalue weighted by Gasteiger charge is -2.28. The summed E-state index contributed by atoms with van der Waals surface area (Å²) in [4.78, 5) is 42.5. The molecular formula is C33H32FN7O5. The van der Waals surface area contributed by atoms with Crippen molar-refractivity contribution >= 4 is 40.2 Å². The van der Waals surface area contributed by atoms with Crippen LogP contribution in [0.4, 0.5) is 26.4 Å². The number of aliphatic hydroxyl groups is 1. The molecule has 0 saturated carbocycles. The number of pyridine rings is 1. The van der Waals surface area contributed by atoms with Crippen LogP contribution in [0.1, 0.15) is 16.1 Å². The van der Waals surface area contributed by atoms with Crippen LogP contribution in [0.3, 0.4) is 0 Å².